The normalized spacial score (nSPS) is 12.6. The summed E-state index contributed by atoms with van der Waals surface area (Å²) >= 11 is 0. The lowest BCUT2D eigenvalue weighted by Crippen LogP contribution is -2.49. The molecule has 0 aliphatic carbocycles. The zero-order chi connectivity index (χ0) is 27.4. The van der Waals surface area contributed by atoms with Gasteiger partial charge in [0.15, 0.2) is 0 Å². The van der Waals surface area contributed by atoms with Crippen molar-refractivity contribution in [2.24, 2.45) is 5.41 Å². The maximum atomic E-state index is 13.2. The lowest BCUT2D eigenvalue weighted by Gasteiger charge is -2.28. The number of amides is 1. The summed E-state index contributed by atoms with van der Waals surface area (Å²) in [5.41, 5.74) is -0.998. The van der Waals surface area contributed by atoms with Crippen LogP contribution in [0.1, 0.15) is 42.3 Å². The molecule has 37 heavy (non-hydrogen) atoms. The molecule has 0 fully saturated rings. The minimum Gasteiger partial charge on any atom is -0.490 e. The molecule has 0 saturated heterocycles. The fraction of sp³-hybridized carbons (Fsp3) is 0.286. The molecule has 1 amide bonds. The molecule has 0 aromatic heterocycles. The topological polar surface area (TPSA) is 84.9 Å². The van der Waals surface area contributed by atoms with Gasteiger partial charge in [0.1, 0.15) is 30.8 Å². The highest BCUT2D eigenvalue weighted by Gasteiger charge is 2.34. The van der Waals surface area contributed by atoms with Crippen LogP contribution < -0.4 is 14.8 Å². The fourth-order valence-electron chi connectivity index (χ4n) is 3.66. The van der Waals surface area contributed by atoms with Crippen LogP contribution in [0.2, 0.25) is 0 Å². The van der Waals surface area contributed by atoms with E-state index in [0.717, 1.165) is 12.1 Å². The summed E-state index contributed by atoms with van der Waals surface area (Å²) in [5, 5.41) is 13.4. The Balaban J connectivity index is 2.00. The molecule has 3 aromatic carbocycles. The molecule has 0 heterocycles. The zero-order valence-electron chi connectivity index (χ0n) is 20.7. The third kappa shape index (κ3) is 6.81. The van der Waals surface area contributed by atoms with Crippen molar-refractivity contribution in [3.05, 3.63) is 83.9 Å². The van der Waals surface area contributed by atoms with Gasteiger partial charge in [-0.1, -0.05) is 51.6 Å². The Bertz CT molecular complexity index is 1290. The average Bonchev–Trinajstić information content (AvgIpc) is 2.82. The van der Waals surface area contributed by atoms with Crippen molar-refractivity contribution >= 4 is 22.6 Å². The first-order valence-electron chi connectivity index (χ1n) is 11.4. The Hall–Kier alpha value is -4.01. The van der Waals surface area contributed by atoms with Crippen LogP contribution >= 0.6 is 0 Å². The number of alkyl halides is 3. The Morgan fingerprint density at radius 1 is 1.03 bits per heavy atom. The van der Waals surface area contributed by atoms with E-state index < -0.39 is 35.1 Å². The van der Waals surface area contributed by atoms with E-state index >= 15 is 0 Å². The number of carbonyl (C=O) groups excluding carboxylic acids is 1. The highest BCUT2D eigenvalue weighted by molar-refractivity contribution is 6.05. The Labute approximate surface area is 212 Å². The minimum absolute atomic E-state index is 0.0923. The lowest BCUT2D eigenvalue weighted by molar-refractivity contribution is -0.142. The first-order valence-corrected chi connectivity index (χ1v) is 11.4. The number of fused-ring (bicyclic) bond motifs is 1. The van der Waals surface area contributed by atoms with Crippen LogP contribution in [0.5, 0.6) is 11.5 Å². The number of aliphatic carboxylic acids is 1. The van der Waals surface area contributed by atoms with Gasteiger partial charge in [-0.05, 0) is 52.8 Å². The van der Waals surface area contributed by atoms with Crippen molar-refractivity contribution < 1.29 is 37.3 Å². The maximum Gasteiger partial charge on any atom is 0.416 e. The second-order valence-electron chi connectivity index (χ2n) is 9.52. The van der Waals surface area contributed by atoms with Crippen molar-refractivity contribution in [2.45, 2.75) is 39.6 Å². The number of hydrogen-bond acceptors (Lipinski definition) is 4. The number of halogens is 3. The molecule has 3 rings (SSSR count). The van der Waals surface area contributed by atoms with Crippen LogP contribution in [0, 0.1) is 5.41 Å². The Kier molecular flexibility index (Phi) is 8.15. The van der Waals surface area contributed by atoms with Crippen molar-refractivity contribution in [3.8, 4) is 11.5 Å². The number of carboxylic acids is 1. The van der Waals surface area contributed by atoms with Gasteiger partial charge < -0.3 is 19.9 Å². The summed E-state index contributed by atoms with van der Waals surface area (Å²) in [6.45, 7) is 8.88. The third-order valence-corrected chi connectivity index (χ3v) is 5.61. The summed E-state index contributed by atoms with van der Waals surface area (Å²) in [6.07, 6.45) is -2.86. The van der Waals surface area contributed by atoms with Crippen LogP contribution in [-0.2, 0) is 17.6 Å². The van der Waals surface area contributed by atoms with E-state index in [4.69, 9.17) is 9.47 Å². The van der Waals surface area contributed by atoms with E-state index in [-0.39, 0.29) is 17.9 Å². The zero-order valence-corrected chi connectivity index (χ0v) is 20.7. The van der Waals surface area contributed by atoms with Gasteiger partial charge in [0.25, 0.3) is 5.91 Å². The predicted octanol–water partition coefficient (Wildman–Crippen LogP) is 6.23. The van der Waals surface area contributed by atoms with Crippen molar-refractivity contribution in [1.82, 2.24) is 5.32 Å². The van der Waals surface area contributed by atoms with Gasteiger partial charge >= 0.3 is 12.1 Å². The lowest BCUT2D eigenvalue weighted by atomic mass is 9.86. The second-order valence-corrected chi connectivity index (χ2v) is 9.52. The summed E-state index contributed by atoms with van der Waals surface area (Å²) < 4.78 is 50.3. The standard InChI is InChI=1S/C28H28F3NO5/c1-5-14-36-20-11-13-21-18(15-20)8-12-22(25(33)32-24(26(34)35)27(2,3)4)23(21)37-16-17-6-9-19(10-7-17)28(29,30)31/h5-13,15,24H,1,14,16H2,2-4H3,(H,32,33)(H,34,35). The summed E-state index contributed by atoms with van der Waals surface area (Å²) in [5.74, 6) is -1.10. The molecule has 0 bridgehead atoms. The van der Waals surface area contributed by atoms with Crippen LogP contribution in [0.15, 0.2) is 67.3 Å². The highest BCUT2D eigenvalue weighted by atomic mass is 19.4. The third-order valence-electron chi connectivity index (χ3n) is 5.61. The number of carbonyl (C=O) groups is 2. The van der Waals surface area contributed by atoms with Crippen LogP contribution in [0.3, 0.4) is 0 Å². The monoisotopic (exact) mass is 515 g/mol. The molecule has 1 atom stereocenters. The molecule has 196 valence electrons. The van der Waals surface area contributed by atoms with Crippen molar-refractivity contribution in [3.63, 3.8) is 0 Å². The number of ether oxygens (including phenoxy) is 2. The summed E-state index contributed by atoms with van der Waals surface area (Å²) in [7, 11) is 0. The van der Waals surface area contributed by atoms with E-state index in [1.54, 1.807) is 51.1 Å². The van der Waals surface area contributed by atoms with Crippen molar-refractivity contribution in [2.75, 3.05) is 6.61 Å². The first-order chi connectivity index (χ1) is 17.3. The summed E-state index contributed by atoms with van der Waals surface area (Å²) in [6, 6.07) is 11.7. The minimum atomic E-state index is -4.46. The van der Waals surface area contributed by atoms with Gasteiger partial charge in [0.2, 0.25) is 0 Å². The molecule has 6 nitrogen and oxygen atoms in total. The highest BCUT2D eigenvalue weighted by Crippen LogP contribution is 2.34. The Morgan fingerprint density at radius 2 is 1.70 bits per heavy atom. The molecular weight excluding hydrogens is 487 g/mol. The van der Waals surface area contributed by atoms with Gasteiger partial charge in [0, 0.05) is 5.39 Å². The van der Waals surface area contributed by atoms with E-state index in [9.17, 15) is 27.9 Å². The van der Waals surface area contributed by atoms with E-state index in [1.807, 2.05) is 0 Å². The van der Waals surface area contributed by atoms with Crippen LogP contribution in [0.4, 0.5) is 13.2 Å². The number of benzene rings is 3. The van der Waals surface area contributed by atoms with E-state index in [1.165, 1.54) is 18.2 Å². The van der Waals surface area contributed by atoms with Crippen LogP contribution in [-0.4, -0.2) is 29.6 Å². The van der Waals surface area contributed by atoms with Gasteiger partial charge in [0.05, 0.1) is 11.1 Å². The van der Waals surface area contributed by atoms with Crippen LogP contribution in [0.25, 0.3) is 10.8 Å². The summed E-state index contributed by atoms with van der Waals surface area (Å²) in [4.78, 5) is 25.0. The quantitative estimate of drug-likeness (QED) is 0.330. The maximum absolute atomic E-state index is 13.2. The number of nitrogens with one attached hydrogen (secondary N) is 1. The number of rotatable bonds is 9. The molecule has 2 N–H and O–H groups in total. The van der Waals surface area contributed by atoms with E-state index in [2.05, 4.69) is 11.9 Å². The smallest absolute Gasteiger partial charge is 0.416 e. The SMILES string of the molecule is C=CCOc1ccc2c(OCc3ccc(C(F)(F)F)cc3)c(C(=O)NC(C(=O)O)C(C)(C)C)ccc2c1. The largest absolute Gasteiger partial charge is 0.490 e. The number of carboxylic acid groups (broad SMARTS) is 1. The molecule has 0 spiro atoms. The van der Waals surface area contributed by atoms with Gasteiger partial charge in [-0.3, -0.25) is 4.79 Å². The molecule has 3 aromatic rings. The molecule has 1 unspecified atom stereocenters. The predicted molar refractivity (Wildman–Crippen MR) is 134 cm³/mol. The molecule has 0 saturated carbocycles. The fourth-order valence-corrected chi connectivity index (χ4v) is 3.66. The van der Waals surface area contributed by atoms with Gasteiger partial charge in [-0.25, -0.2) is 4.79 Å². The van der Waals surface area contributed by atoms with Crippen molar-refractivity contribution in [1.29, 1.82) is 0 Å². The average molecular weight is 516 g/mol. The van der Waals surface area contributed by atoms with E-state index in [0.29, 0.717) is 28.7 Å². The molecular formula is C28H28F3NO5. The molecule has 9 heteroatoms. The number of hydrogen-bond donors (Lipinski definition) is 2. The molecule has 0 aliphatic rings. The Morgan fingerprint density at radius 3 is 2.27 bits per heavy atom. The second kappa shape index (κ2) is 10.9. The molecule has 0 radical (unpaired) electrons. The molecule has 0 aliphatic heterocycles. The first kappa shape index (κ1) is 27.6. The van der Waals surface area contributed by atoms with Gasteiger partial charge in [-0.2, -0.15) is 13.2 Å². The van der Waals surface area contributed by atoms with Gasteiger partial charge in [-0.15, -0.1) is 0 Å².